The van der Waals surface area contributed by atoms with Crippen LogP contribution < -0.4 is 11.1 Å². The van der Waals surface area contributed by atoms with Gasteiger partial charge in [0.05, 0.1) is 23.5 Å². The number of thiocarbonyl (C=S) groups is 1. The second-order valence-corrected chi connectivity index (χ2v) is 5.25. The van der Waals surface area contributed by atoms with Gasteiger partial charge in [-0.05, 0) is 37.5 Å². The molecule has 0 saturated carbocycles. The van der Waals surface area contributed by atoms with Crippen molar-refractivity contribution in [1.29, 1.82) is 0 Å². The number of hydrogen-bond acceptors (Lipinski definition) is 5. The van der Waals surface area contributed by atoms with Gasteiger partial charge < -0.3 is 11.1 Å². The molecule has 0 amide bonds. The van der Waals surface area contributed by atoms with E-state index in [1.807, 2.05) is 19.9 Å². The van der Waals surface area contributed by atoms with E-state index in [4.69, 9.17) is 18.0 Å². The van der Waals surface area contributed by atoms with E-state index in [1.165, 1.54) is 5.56 Å². The maximum Gasteiger partial charge on any atom is 0.159 e. The number of nitrogens with one attached hydrogen (secondary N) is 1. The molecule has 0 radical (unpaired) electrons. The number of rotatable bonds is 5. The largest absolute Gasteiger partial charge is 0.389 e. The fourth-order valence-electron chi connectivity index (χ4n) is 2.15. The quantitative estimate of drug-likeness (QED) is 0.825. The van der Waals surface area contributed by atoms with Crippen LogP contribution in [0.2, 0.25) is 0 Å². The topological polar surface area (TPSA) is 76.7 Å². The molecule has 0 aromatic carbocycles. The van der Waals surface area contributed by atoms with Crippen LogP contribution in [-0.2, 0) is 13.0 Å². The first kappa shape index (κ1) is 15.3. The molecule has 0 aliphatic carbocycles. The zero-order chi connectivity index (χ0) is 15.4. The third kappa shape index (κ3) is 3.33. The van der Waals surface area contributed by atoms with Crippen LogP contribution in [0.4, 0.5) is 5.82 Å². The molecule has 2 aromatic heterocycles. The van der Waals surface area contributed by atoms with Gasteiger partial charge in [-0.1, -0.05) is 25.2 Å². The van der Waals surface area contributed by atoms with E-state index in [1.54, 1.807) is 6.20 Å². The predicted octanol–water partition coefficient (Wildman–Crippen LogP) is 2.30. The van der Waals surface area contributed by atoms with Gasteiger partial charge in [0.15, 0.2) is 5.82 Å². The number of aryl methyl sites for hydroxylation is 2. The average Bonchev–Trinajstić information content (AvgIpc) is 2.48. The summed E-state index contributed by atoms with van der Waals surface area (Å²) < 4.78 is 0. The Balaban J connectivity index is 2.28. The van der Waals surface area contributed by atoms with Crippen molar-refractivity contribution in [2.75, 3.05) is 5.32 Å². The number of anilines is 1. The molecule has 2 rings (SSSR count). The molecule has 0 spiro atoms. The lowest BCUT2D eigenvalue weighted by Gasteiger charge is -2.14. The molecule has 0 unspecified atom stereocenters. The summed E-state index contributed by atoms with van der Waals surface area (Å²) in [6, 6.07) is 4.02. The fourth-order valence-corrected chi connectivity index (χ4v) is 2.40. The predicted molar refractivity (Wildman–Crippen MR) is 88.3 cm³/mol. The molecule has 2 heterocycles. The van der Waals surface area contributed by atoms with Gasteiger partial charge in [0.1, 0.15) is 4.99 Å². The van der Waals surface area contributed by atoms with Crippen molar-refractivity contribution in [3.8, 4) is 0 Å². The maximum absolute atomic E-state index is 5.82. The molecule has 21 heavy (non-hydrogen) atoms. The number of nitrogens with zero attached hydrogens (tertiary/aromatic N) is 3. The lowest BCUT2D eigenvalue weighted by molar-refractivity contribution is 0.920. The summed E-state index contributed by atoms with van der Waals surface area (Å²) in [6.07, 6.45) is 2.72. The van der Waals surface area contributed by atoms with Gasteiger partial charge >= 0.3 is 0 Å². The van der Waals surface area contributed by atoms with E-state index in [2.05, 4.69) is 33.5 Å². The summed E-state index contributed by atoms with van der Waals surface area (Å²) in [5.41, 5.74) is 10.6. The van der Waals surface area contributed by atoms with Crippen molar-refractivity contribution >= 4 is 23.0 Å². The minimum atomic E-state index is 0.324. The van der Waals surface area contributed by atoms with E-state index >= 15 is 0 Å². The maximum atomic E-state index is 5.82. The summed E-state index contributed by atoms with van der Waals surface area (Å²) in [6.45, 7) is 6.51. The first-order valence-corrected chi connectivity index (χ1v) is 7.25. The van der Waals surface area contributed by atoms with E-state index in [0.717, 1.165) is 28.9 Å². The smallest absolute Gasteiger partial charge is 0.159 e. The van der Waals surface area contributed by atoms with Gasteiger partial charge in [-0.25, -0.2) is 0 Å². The minimum absolute atomic E-state index is 0.324. The standard InChI is InChI=1S/C15H19N5S/c1-4-11-6-5-7-17-12(11)8-18-15-13(14(16)21)9(2)10(3)19-20-15/h5-7H,4,8H2,1-3H3,(H2,16,21)(H,18,20). The third-order valence-corrected chi connectivity index (χ3v) is 3.69. The Morgan fingerprint density at radius 3 is 2.76 bits per heavy atom. The van der Waals surface area contributed by atoms with Crippen LogP contribution in [0.25, 0.3) is 0 Å². The summed E-state index contributed by atoms with van der Waals surface area (Å²) in [5, 5.41) is 11.6. The number of hydrogen-bond donors (Lipinski definition) is 2. The van der Waals surface area contributed by atoms with E-state index in [0.29, 0.717) is 17.4 Å². The third-order valence-electron chi connectivity index (χ3n) is 3.49. The molecule has 0 saturated heterocycles. The molecule has 3 N–H and O–H groups in total. The Morgan fingerprint density at radius 1 is 1.33 bits per heavy atom. The lowest BCUT2D eigenvalue weighted by Crippen LogP contribution is -2.18. The summed E-state index contributed by atoms with van der Waals surface area (Å²) in [5.74, 6) is 0.610. The average molecular weight is 301 g/mol. The second kappa shape index (κ2) is 6.58. The van der Waals surface area contributed by atoms with Crippen LogP contribution in [0, 0.1) is 13.8 Å². The highest BCUT2D eigenvalue weighted by Gasteiger charge is 2.14. The highest BCUT2D eigenvalue weighted by molar-refractivity contribution is 7.80. The van der Waals surface area contributed by atoms with Crippen LogP contribution in [0.5, 0.6) is 0 Å². The minimum Gasteiger partial charge on any atom is -0.389 e. The second-order valence-electron chi connectivity index (χ2n) is 4.81. The van der Waals surface area contributed by atoms with Crippen molar-refractivity contribution in [2.45, 2.75) is 33.7 Å². The molecule has 110 valence electrons. The zero-order valence-corrected chi connectivity index (χ0v) is 13.3. The summed E-state index contributed by atoms with van der Waals surface area (Å²) >= 11 is 5.13. The molecule has 0 fully saturated rings. The summed E-state index contributed by atoms with van der Waals surface area (Å²) in [4.78, 5) is 4.73. The van der Waals surface area contributed by atoms with Crippen LogP contribution in [0.15, 0.2) is 18.3 Å². The number of pyridine rings is 1. The Labute approximate surface area is 130 Å². The SMILES string of the molecule is CCc1cccnc1CNc1nnc(C)c(C)c1C(N)=S. The van der Waals surface area contributed by atoms with Gasteiger partial charge in [0.25, 0.3) is 0 Å². The molecule has 5 nitrogen and oxygen atoms in total. The number of aromatic nitrogens is 3. The summed E-state index contributed by atoms with van der Waals surface area (Å²) in [7, 11) is 0. The zero-order valence-electron chi connectivity index (χ0n) is 12.5. The van der Waals surface area contributed by atoms with Crippen molar-refractivity contribution in [1.82, 2.24) is 15.2 Å². The van der Waals surface area contributed by atoms with Gasteiger partial charge in [-0.15, -0.1) is 5.10 Å². The van der Waals surface area contributed by atoms with Gasteiger partial charge in [-0.3, -0.25) is 4.98 Å². The van der Waals surface area contributed by atoms with E-state index in [-0.39, 0.29) is 0 Å². The molecular formula is C15H19N5S. The van der Waals surface area contributed by atoms with Gasteiger partial charge in [-0.2, -0.15) is 5.10 Å². The lowest BCUT2D eigenvalue weighted by atomic mass is 10.1. The Morgan fingerprint density at radius 2 is 2.10 bits per heavy atom. The monoisotopic (exact) mass is 301 g/mol. The van der Waals surface area contributed by atoms with E-state index < -0.39 is 0 Å². The van der Waals surface area contributed by atoms with Crippen LogP contribution in [0.1, 0.15) is 35.0 Å². The Hall–Kier alpha value is -2.08. The molecule has 0 aliphatic heterocycles. The normalized spacial score (nSPS) is 10.4. The first-order valence-electron chi connectivity index (χ1n) is 6.84. The number of nitrogens with two attached hydrogens (primary N) is 1. The van der Waals surface area contributed by atoms with Gasteiger partial charge in [0.2, 0.25) is 0 Å². The molecule has 0 atom stereocenters. The van der Waals surface area contributed by atoms with Crippen molar-refractivity contribution in [3.05, 3.63) is 46.4 Å². The Bertz CT molecular complexity index is 669. The van der Waals surface area contributed by atoms with Crippen LogP contribution in [0.3, 0.4) is 0 Å². The highest BCUT2D eigenvalue weighted by Crippen LogP contribution is 2.19. The molecule has 6 heteroatoms. The highest BCUT2D eigenvalue weighted by atomic mass is 32.1. The van der Waals surface area contributed by atoms with Gasteiger partial charge in [0, 0.05) is 6.20 Å². The van der Waals surface area contributed by atoms with Crippen LogP contribution >= 0.6 is 12.2 Å². The molecule has 2 aromatic rings. The molecule has 0 bridgehead atoms. The van der Waals surface area contributed by atoms with E-state index in [9.17, 15) is 0 Å². The fraction of sp³-hybridized carbons (Fsp3) is 0.333. The van der Waals surface area contributed by atoms with Crippen molar-refractivity contribution in [2.24, 2.45) is 5.73 Å². The molecular weight excluding hydrogens is 282 g/mol. The van der Waals surface area contributed by atoms with Crippen molar-refractivity contribution in [3.63, 3.8) is 0 Å². The van der Waals surface area contributed by atoms with Crippen molar-refractivity contribution < 1.29 is 0 Å². The first-order chi connectivity index (χ1) is 10.0. The molecule has 0 aliphatic rings. The Kier molecular flexibility index (Phi) is 4.80. The van der Waals surface area contributed by atoms with Crippen LogP contribution in [-0.4, -0.2) is 20.2 Å².